The third-order valence-electron chi connectivity index (χ3n) is 0. The summed E-state index contributed by atoms with van der Waals surface area (Å²) in [4.78, 5) is 16.5. The van der Waals surface area contributed by atoms with Crippen LogP contribution in [0.1, 0.15) is 0 Å². The molecule has 0 aromatic rings. The van der Waals surface area contributed by atoms with Gasteiger partial charge in [0.2, 0.25) is 0 Å². The fraction of sp³-hybridized carbons (Fsp3) is 0. The Balaban J connectivity index is -0.0000000300. The van der Waals surface area contributed by atoms with Crippen LogP contribution in [0.15, 0.2) is 0 Å². The number of hydrogen-bond acceptors (Lipinski definition) is 6. The molecule has 0 saturated heterocycles. The molecule has 0 aliphatic rings. The SMILES string of the molecule is O=[N+]([O-])[O-].O=[N+]([O-])[O-].[Ba+2].[BaH2]. The summed E-state index contributed by atoms with van der Waals surface area (Å²) >= 11 is 0. The molecule has 0 aliphatic heterocycles. The first-order chi connectivity index (χ1) is 3.46. The molecule has 0 aliphatic carbocycles. The van der Waals surface area contributed by atoms with Gasteiger partial charge < -0.3 is 30.6 Å². The molecule has 0 spiro atoms. The van der Waals surface area contributed by atoms with E-state index < -0.39 is 10.2 Å². The Kier molecular flexibility index (Phi) is 38.1. The Bertz CT molecular complexity index is 71.7. The van der Waals surface area contributed by atoms with Gasteiger partial charge in [-0.25, -0.2) is 0 Å². The Labute approximate surface area is 135 Å². The molecule has 0 saturated carbocycles. The van der Waals surface area contributed by atoms with Crippen molar-refractivity contribution in [1.29, 1.82) is 0 Å². The van der Waals surface area contributed by atoms with Crippen LogP contribution in [0.2, 0.25) is 0 Å². The summed E-state index contributed by atoms with van der Waals surface area (Å²) in [6, 6.07) is 0. The van der Waals surface area contributed by atoms with E-state index in [1.807, 2.05) is 0 Å². The molecular formula is H2Ba2N2O6. The van der Waals surface area contributed by atoms with E-state index in [4.69, 9.17) is 30.6 Å². The zero-order valence-corrected chi connectivity index (χ0v) is 8.49. The summed E-state index contributed by atoms with van der Waals surface area (Å²) in [7, 11) is 0. The summed E-state index contributed by atoms with van der Waals surface area (Å²) < 4.78 is 0. The van der Waals surface area contributed by atoms with Crippen molar-refractivity contribution in [3.8, 4) is 0 Å². The topological polar surface area (TPSA) is 132 Å². The molecule has 0 fully saturated rings. The average Bonchev–Trinajstić information content (AvgIpc) is 1.25. The van der Waals surface area contributed by atoms with Gasteiger partial charge in [0, 0.05) is 0 Å². The summed E-state index contributed by atoms with van der Waals surface area (Å²) in [6.07, 6.45) is 0. The number of hydrogen-bond donors (Lipinski definition) is 0. The molecule has 0 unspecified atom stereocenters. The van der Waals surface area contributed by atoms with Crippen LogP contribution >= 0.6 is 0 Å². The predicted molar refractivity (Wildman–Crippen MR) is 35.0 cm³/mol. The van der Waals surface area contributed by atoms with Gasteiger partial charge in [0.1, 0.15) is 0 Å². The Morgan fingerprint density at radius 1 is 0.800 bits per heavy atom. The van der Waals surface area contributed by atoms with Crippen molar-refractivity contribution >= 4 is 97.8 Å². The van der Waals surface area contributed by atoms with Gasteiger partial charge in [-0.3, -0.25) is 0 Å². The van der Waals surface area contributed by atoms with Crippen molar-refractivity contribution < 1.29 is 10.2 Å². The van der Waals surface area contributed by atoms with E-state index in [1.165, 1.54) is 0 Å². The van der Waals surface area contributed by atoms with Gasteiger partial charge in [-0.05, 0) is 0 Å². The minimum absolute atomic E-state index is 0. The van der Waals surface area contributed by atoms with E-state index in [-0.39, 0.29) is 97.8 Å². The van der Waals surface area contributed by atoms with Gasteiger partial charge in [-0.2, -0.15) is 0 Å². The summed E-state index contributed by atoms with van der Waals surface area (Å²) in [5.74, 6) is 0. The van der Waals surface area contributed by atoms with Crippen molar-refractivity contribution in [2.75, 3.05) is 0 Å². The molecule has 0 N–H and O–H groups in total. The van der Waals surface area contributed by atoms with Gasteiger partial charge in [-0.1, -0.05) is 0 Å². The first kappa shape index (κ1) is 22.6. The first-order valence-corrected chi connectivity index (χ1v) is 1.10. The van der Waals surface area contributed by atoms with E-state index in [0.29, 0.717) is 0 Å². The van der Waals surface area contributed by atoms with Crippen LogP contribution in [0, 0.1) is 30.6 Å². The van der Waals surface area contributed by atoms with Gasteiger partial charge >= 0.3 is 97.8 Å². The van der Waals surface area contributed by atoms with Gasteiger partial charge in [0.15, 0.2) is 0 Å². The average molecular weight is 401 g/mol. The third-order valence-corrected chi connectivity index (χ3v) is 0. The molecule has 0 rings (SSSR count). The van der Waals surface area contributed by atoms with Crippen molar-refractivity contribution in [1.82, 2.24) is 0 Å². The second kappa shape index (κ2) is 16.9. The molecule has 0 bridgehead atoms. The molecule has 52 valence electrons. The van der Waals surface area contributed by atoms with E-state index in [1.54, 1.807) is 0 Å². The van der Waals surface area contributed by atoms with E-state index >= 15 is 0 Å². The maximum atomic E-state index is 8.25. The van der Waals surface area contributed by atoms with Crippen LogP contribution in [0.25, 0.3) is 0 Å². The van der Waals surface area contributed by atoms with Gasteiger partial charge in [-0.15, -0.1) is 0 Å². The van der Waals surface area contributed by atoms with Gasteiger partial charge in [0.25, 0.3) is 0 Å². The Hall–Kier alpha value is 1.54. The molecule has 10 heteroatoms. The van der Waals surface area contributed by atoms with Crippen LogP contribution in [0.5, 0.6) is 0 Å². The fourth-order valence-corrected chi connectivity index (χ4v) is 0. The van der Waals surface area contributed by atoms with Crippen molar-refractivity contribution in [2.24, 2.45) is 0 Å². The monoisotopic (exact) mass is 402 g/mol. The standard InChI is InChI=1S/2Ba.2NO3.2H/c;;2*2-1(3)4;;/q;+2;2*-1;;. The first-order valence-electron chi connectivity index (χ1n) is 1.10. The normalized spacial score (nSPS) is 4.80. The second-order valence-corrected chi connectivity index (χ2v) is 0.447. The molecule has 10 heavy (non-hydrogen) atoms. The third kappa shape index (κ3) is 293. The zero-order chi connectivity index (χ0) is 7.15. The molecule has 0 heterocycles. The van der Waals surface area contributed by atoms with E-state index in [2.05, 4.69) is 0 Å². The van der Waals surface area contributed by atoms with Crippen molar-refractivity contribution in [3.63, 3.8) is 0 Å². The molecule has 0 amide bonds. The van der Waals surface area contributed by atoms with Crippen LogP contribution in [-0.2, 0) is 0 Å². The van der Waals surface area contributed by atoms with Crippen LogP contribution < -0.4 is 0 Å². The quantitative estimate of drug-likeness (QED) is 0.268. The summed E-state index contributed by atoms with van der Waals surface area (Å²) in [5, 5.41) is 29.5. The Morgan fingerprint density at radius 3 is 0.800 bits per heavy atom. The summed E-state index contributed by atoms with van der Waals surface area (Å²) in [5.41, 5.74) is 0. The van der Waals surface area contributed by atoms with Crippen LogP contribution in [0.4, 0.5) is 0 Å². The number of nitrogens with zero attached hydrogens (tertiary/aromatic N) is 2. The zero-order valence-electron chi connectivity index (χ0n) is 4.05. The van der Waals surface area contributed by atoms with Gasteiger partial charge in [0.05, 0.1) is 10.2 Å². The predicted octanol–water partition coefficient (Wildman–Crippen LogP) is -1.78. The van der Waals surface area contributed by atoms with Crippen molar-refractivity contribution in [3.05, 3.63) is 30.6 Å². The summed E-state index contributed by atoms with van der Waals surface area (Å²) in [6.45, 7) is 0. The second-order valence-electron chi connectivity index (χ2n) is 0.447. The minimum atomic E-state index is -1.75. The molecule has 0 radical (unpaired) electrons. The fourth-order valence-electron chi connectivity index (χ4n) is 0. The molecule has 0 atom stereocenters. The Morgan fingerprint density at radius 2 is 0.800 bits per heavy atom. The molecular weight excluding hydrogens is 399 g/mol. The molecule has 8 nitrogen and oxygen atoms in total. The number of rotatable bonds is 0. The van der Waals surface area contributed by atoms with Crippen LogP contribution in [-0.4, -0.2) is 108 Å². The van der Waals surface area contributed by atoms with Crippen LogP contribution in [0.3, 0.4) is 0 Å². The molecule has 0 aromatic carbocycles. The van der Waals surface area contributed by atoms with Crippen molar-refractivity contribution in [2.45, 2.75) is 0 Å². The van der Waals surface area contributed by atoms with E-state index in [0.717, 1.165) is 0 Å². The maximum absolute atomic E-state index is 8.25. The molecule has 0 aromatic heterocycles. The van der Waals surface area contributed by atoms with E-state index in [9.17, 15) is 0 Å².